The maximum atomic E-state index is 12.3. The standard InChI is InChI=1S/C14H20N2O4/c1-4-19-10-12(14(18)20-5-2)16(3)13(17)11-8-6-7-9-15-11/h6-9,12H,4-5,10H2,1-3H3. The largest absolute Gasteiger partial charge is 0.464 e. The molecule has 110 valence electrons. The molecule has 1 unspecified atom stereocenters. The van der Waals surface area contributed by atoms with Crippen LogP contribution in [0.15, 0.2) is 24.4 Å². The predicted octanol–water partition coefficient (Wildman–Crippen LogP) is 1.12. The monoisotopic (exact) mass is 280 g/mol. The van der Waals surface area contributed by atoms with Gasteiger partial charge in [0, 0.05) is 19.9 Å². The smallest absolute Gasteiger partial charge is 0.331 e. The first-order valence-electron chi connectivity index (χ1n) is 6.54. The van der Waals surface area contributed by atoms with Gasteiger partial charge in [-0.05, 0) is 26.0 Å². The summed E-state index contributed by atoms with van der Waals surface area (Å²) in [6.07, 6.45) is 1.53. The molecule has 0 fully saturated rings. The molecule has 1 atom stereocenters. The van der Waals surface area contributed by atoms with Gasteiger partial charge in [0.15, 0.2) is 6.04 Å². The van der Waals surface area contributed by atoms with Gasteiger partial charge in [-0.25, -0.2) is 4.79 Å². The molecule has 0 spiro atoms. The molecule has 0 saturated carbocycles. The molecule has 6 heteroatoms. The van der Waals surface area contributed by atoms with Crippen LogP contribution in [0.4, 0.5) is 0 Å². The number of amides is 1. The minimum atomic E-state index is -0.774. The minimum absolute atomic E-state index is 0.102. The summed E-state index contributed by atoms with van der Waals surface area (Å²) >= 11 is 0. The maximum Gasteiger partial charge on any atom is 0.331 e. The Hall–Kier alpha value is -1.95. The third kappa shape index (κ3) is 4.31. The fourth-order valence-electron chi connectivity index (χ4n) is 1.62. The maximum absolute atomic E-state index is 12.3. The summed E-state index contributed by atoms with van der Waals surface area (Å²) in [7, 11) is 1.54. The van der Waals surface area contributed by atoms with E-state index in [-0.39, 0.29) is 24.8 Å². The van der Waals surface area contributed by atoms with Crippen molar-refractivity contribution in [1.82, 2.24) is 9.88 Å². The second-order valence-corrected chi connectivity index (χ2v) is 4.06. The molecule has 0 aliphatic heterocycles. The average Bonchev–Trinajstić information content (AvgIpc) is 2.48. The van der Waals surface area contributed by atoms with E-state index in [1.54, 1.807) is 25.1 Å². The normalized spacial score (nSPS) is 11.8. The number of aromatic nitrogens is 1. The van der Waals surface area contributed by atoms with Gasteiger partial charge in [-0.1, -0.05) is 6.07 Å². The SMILES string of the molecule is CCOCC(C(=O)OCC)N(C)C(=O)c1ccccn1. The first-order valence-corrected chi connectivity index (χ1v) is 6.54. The molecule has 20 heavy (non-hydrogen) atoms. The van der Waals surface area contributed by atoms with Crippen LogP contribution in [0.1, 0.15) is 24.3 Å². The third-order valence-corrected chi connectivity index (χ3v) is 2.71. The first-order chi connectivity index (χ1) is 9.61. The zero-order valence-corrected chi connectivity index (χ0v) is 12.0. The Kier molecular flexibility index (Phi) is 6.66. The highest BCUT2D eigenvalue weighted by molar-refractivity contribution is 5.95. The van der Waals surface area contributed by atoms with E-state index in [4.69, 9.17) is 9.47 Å². The van der Waals surface area contributed by atoms with Crippen LogP contribution >= 0.6 is 0 Å². The van der Waals surface area contributed by atoms with Gasteiger partial charge in [-0.15, -0.1) is 0 Å². The second-order valence-electron chi connectivity index (χ2n) is 4.06. The molecule has 0 aliphatic carbocycles. The van der Waals surface area contributed by atoms with Crippen molar-refractivity contribution in [1.29, 1.82) is 0 Å². The number of hydrogen-bond acceptors (Lipinski definition) is 5. The van der Waals surface area contributed by atoms with Gasteiger partial charge in [-0.3, -0.25) is 9.78 Å². The Morgan fingerprint density at radius 1 is 1.30 bits per heavy atom. The van der Waals surface area contributed by atoms with Gasteiger partial charge < -0.3 is 14.4 Å². The van der Waals surface area contributed by atoms with Gasteiger partial charge in [0.1, 0.15) is 5.69 Å². The molecular formula is C14H20N2O4. The van der Waals surface area contributed by atoms with E-state index in [2.05, 4.69) is 4.98 Å². The lowest BCUT2D eigenvalue weighted by atomic mass is 10.2. The van der Waals surface area contributed by atoms with Crippen LogP contribution in [0.3, 0.4) is 0 Å². The number of rotatable bonds is 7. The van der Waals surface area contributed by atoms with Crippen molar-refractivity contribution >= 4 is 11.9 Å². The van der Waals surface area contributed by atoms with Gasteiger partial charge in [-0.2, -0.15) is 0 Å². The van der Waals surface area contributed by atoms with E-state index in [0.29, 0.717) is 6.61 Å². The highest BCUT2D eigenvalue weighted by atomic mass is 16.5. The fourth-order valence-corrected chi connectivity index (χ4v) is 1.62. The molecule has 0 bridgehead atoms. The molecule has 1 amide bonds. The third-order valence-electron chi connectivity index (χ3n) is 2.71. The summed E-state index contributed by atoms with van der Waals surface area (Å²) in [5.41, 5.74) is 0.279. The van der Waals surface area contributed by atoms with Crippen molar-refractivity contribution in [3.8, 4) is 0 Å². The van der Waals surface area contributed by atoms with Crippen LogP contribution in [-0.4, -0.2) is 54.7 Å². The number of nitrogens with zero attached hydrogens (tertiary/aromatic N) is 2. The van der Waals surface area contributed by atoms with Crippen LogP contribution in [0.25, 0.3) is 0 Å². The molecule has 1 aromatic rings. The lowest BCUT2D eigenvalue weighted by Crippen LogP contribution is -2.46. The highest BCUT2D eigenvalue weighted by Crippen LogP contribution is 2.07. The van der Waals surface area contributed by atoms with E-state index in [0.717, 1.165) is 0 Å². The number of likely N-dealkylation sites (N-methyl/N-ethyl adjacent to an activating group) is 1. The van der Waals surface area contributed by atoms with Gasteiger partial charge in [0.05, 0.1) is 13.2 Å². The fraction of sp³-hybridized carbons (Fsp3) is 0.500. The predicted molar refractivity (Wildman–Crippen MR) is 73.2 cm³/mol. The summed E-state index contributed by atoms with van der Waals surface area (Å²) in [5, 5.41) is 0. The molecule has 0 saturated heterocycles. The molecule has 0 radical (unpaired) electrons. The topological polar surface area (TPSA) is 68.7 Å². The molecule has 1 rings (SSSR count). The number of pyridine rings is 1. The Morgan fingerprint density at radius 3 is 2.60 bits per heavy atom. The van der Waals surface area contributed by atoms with E-state index in [1.807, 2.05) is 6.92 Å². The van der Waals surface area contributed by atoms with Crippen LogP contribution < -0.4 is 0 Å². The van der Waals surface area contributed by atoms with E-state index < -0.39 is 12.0 Å². The summed E-state index contributed by atoms with van der Waals surface area (Å²) in [6, 6.07) is 4.27. The lowest BCUT2D eigenvalue weighted by molar-refractivity contribution is -0.150. The molecule has 1 heterocycles. The molecule has 0 aromatic carbocycles. The second kappa shape index (κ2) is 8.27. The van der Waals surface area contributed by atoms with Crippen molar-refractivity contribution in [2.45, 2.75) is 19.9 Å². The average molecular weight is 280 g/mol. The summed E-state index contributed by atoms with van der Waals surface area (Å²) in [5.74, 6) is -0.823. The summed E-state index contributed by atoms with van der Waals surface area (Å²) < 4.78 is 10.2. The van der Waals surface area contributed by atoms with Crippen molar-refractivity contribution in [2.24, 2.45) is 0 Å². The highest BCUT2D eigenvalue weighted by Gasteiger charge is 2.29. The lowest BCUT2D eigenvalue weighted by Gasteiger charge is -2.25. The van der Waals surface area contributed by atoms with Crippen molar-refractivity contribution in [3.63, 3.8) is 0 Å². The molecule has 0 aliphatic rings. The van der Waals surface area contributed by atoms with Crippen LogP contribution in [-0.2, 0) is 14.3 Å². The van der Waals surface area contributed by atoms with E-state index >= 15 is 0 Å². The van der Waals surface area contributed by atoms with Crippen LogP contribution in [0.2, 0.25) is 0 Å². The van der Waals surface area contributed by atoms with Crippen LogP contribution in [0.5, 0.6) is 0 Å². The Bertz CT molecular complexity index is 436. The number of esters is 1. The Balaban J connectivity index is 2.83. The van der Waals surface area contributed by atoms with E-state index in [1.165, 1.54) is 18.1 Å². The van der Waals surface area contributed by atoms with Crippen LogP contribution in [0, 0.1) is 0 Å². The Labute approximate surface area is 118 Å². The molecular weight excluding hydrogens is 260 g/mol. The molecule has 6 nitrogen and oxygen atoms in total. The first kappa shape index (κ1) is 16.1. The van der Waals surface area contributed by atoms with Crippen molar-refractivity contribution in [2.75, 3.05) is 26.9 Å². The Morgan fingerprint density at radius 2 is 2.05 bits per heavy atom. The van der Waals surface area contributed by atoms with Gasteiger partial charge in [0.2, 0.25) is 0 Å². The number of ether oxygens (including phenoxy) is 2. The zero-order chi connectivity index (χ0) is 15.0. The molecule has 1 aromatic heterocycles. The van der Waals surface area contributed by atoms with Gasteiger partial charge >= 0.3 is 5.97 Å². The van der Waals surface area contributed by atoms with Crippen molar-refractivity contribution < 1.29 is 19.1 Å². The minimum Gasteiger partial charge on any atom is -0.464 e. The number of carbonyl (C=O) groups excluding carboxylic acids is 2. The number of hydrogen-bond donors (Lipinski definition) is 0. The van der Waals surface area contributed by atoms with E-state index in [9.17, 15) is 9.59 Å². The summed E-state index contributed by atoms with van der Waals surface area (Å²) in [4.78, 5) is 29.5. The zero-order valence-electron chi connectivity index (χ0n) is 12.0. The van der Waals surface area contributed by atoms with Crippen molar-refractivity contribution in [3.05, 3.63) is 30.1 Å². The quantitative estimate of drug-likeness (QED) is 0.700. The molecule has 0 N–H and O–H groups in total. The summed E-state index contributed by atoms with van der Waals surface area (Å²) in [6.45, 7) is 4.36. The number of carbonyl (C=O) groups is 2. The van der Waals surface area contributed by atoms with Gasteiger partial charge in [0.25, 0.3) is 5.91 Å².